The Labute approximate surface area is 171 Å². The standard InChI is InChI=1S/C21H20F3N5O/c22-18-14-25-12-9-17(18)19-15-29(28-27-19)13-5-4-11-26-20(30)21(23,24)10-8-16-6-2-1-3-7-16/h1-3,6-10,12,14-15H,4-5,11,13H2,(H,26,30)/b10-8+. The lowest BCUT2D eigenvalue weighted by molar-refractivity contribution is -0.139. The molecule has 30 heavy (non-hydrogen) atoms. The highest BCUT2D eigenvalue weighted by molar-refractivity contribution is 5.86. The molecule has 6 nitrogen and oxygen atoms in total. The molecule has 0 fully saturated rings. The second kappa shape index (κ2) is 9.82. The third kappa shape index (κ3) is 5.76. The predicted molar refractivity (Wildman–Crippen MR) is 106 cm³/mol. The number of carbonyl (C=O) groups is 1. The quantitative estimate of drug-likeness (QED) is 0.541. The summed E-state index contributed by atoms with van der Waals surface area (Å²) in [4.78, 5) is 15.4. The molecule has 0 atom stereocenters. The van der Waals surface area contributed by atoms with E-state index in [1.54, 1.807) is 36.5 Å². The Balaban J connectivity index is 1.41. The zero-order valence-electron chi connectivity index (χ0n) is 16.0. The van der Waals surface area contributed by atoms with Crippen LogP contribution in [0.15, 0.2) is 61.1 Å². The smallest absolute Gasteiger partial charge is 0.343 e. The van der Waals surface area contributed by atoms with E-state index in [0.29, 0.717) is 42.3 Å². The maximum atomic E-state index is 13.9. The molecule has 1 aromatic carbocycles. The van der Waals surface area contributed by atoms with Crippen LogP contribution in [0.4, 0.5) is 13.2 Å². The van der Waals surface area contributed by atoms with E-state index in [0.717, 1.165) is 6.20 Å². The van der Waals surface area contributed by atoms with Crippen molar-refractivity contribution in [1.29, 1.82) is 0 Å². The van der Waals surface area contributed by atoms with Crippen LogP contribution in [0.1, 0.15) is 18.4 Å². The first-order chi connectivity index (χ1) is 14.5. The van der Waals surface area contributed by atoms with Gasteiger partial charge in [-0.2, -0.15) is 8.78 Å². The normalized spacial score (nSPS) is 11.7. The number of amides is 1. The predicted octanol–water partition coefficient (Wildman–Crippen LogP) is 3.72. The molecule has 2 aromatic heterocycles. The first-order valence-corrected chi connectivity index (χ1v) is 9.36. The maximum Gasteiger partial charge on any atom is 0.343 e. The molecule has 156 valence electrons. The lowest BCUT2D eigenvalue weighted by Crippen LogP contribution is -2.39. The highest BCUT2D eigenvalue weighted by Gasteiger charge is 2.35. The molecule has 0 saturated carbocycles. The summed E-state index contributed by atoms with van der Waals surface area (Å²) in [6, 6.07) is 10.1. The van der Waals surface area contributed by atoms with Gasteiger partial charge in [0.15, 0.2) is 5.82 Å². The van der Waals surface area contributed by atoms with Crippen molar-refractivity contribution >= 4 is 12.0 Å². The van der Waals surface area contributed by atoms with Crippen molar-refractivity contribution in [3.8, 4) is 11.3 Å². The van der Waals surface area contributed by atoms with Gasteiger partial charge in [0.2, 0.25) is 0 Å². The second-order valence-electron chi connectivity index (χ2n) is 6.55. The van der Waals surface area contributed by atoms with Gasteiger partial charge in [-0.3, -0.25) is 14.5 Å². The van der Waals surface area contributed by atoms with E-state index in [-0.39, 0.29) is 6.54 Å². The van der Waals surface area contributed by atoms with Crippen LogP contribution in [0.2, 0.25) is 0 Å². The minimum Gasteiger partial charge on any atom is -0.351 e. The van der Waals surface area contributed by atoms with Crippen LogP contribution in [0.3, 0.4) is 0 Å². The van der Waals surface area contributed by atoms with E-state index in [1.807, 2.05) is 0 Å². The number of unbranched alkanes of at least 4 members (excludes halogenated alkanes) is 1. The Morgan fingerprint density at radius 2 is 1.97 bits per heavy atom. The first-order valence-electron chi connectivity index (χ1n) is 9.36. The van der Waals surface area contributed by atoms with Crippen LogP contribution in [0.5, 0.6) is 0 Å². The van der Waals surface area contributed by atoms with Crippen molar-refractivity contribution in [2.45, 2.75) is 25.3 Å². The number of rotatable bonds is 9. The van der Waals surface area contributed by atoms with Gasteiger partial charge >= 0.3 is 5.92 Å². The molecule has 0 aliphatic carbocycles. The van der Waals surface area contributed by atoms with Crippen molar-refractivity contribution in [2.75, 3.05) is 6.54 Å². The fraction of sp³-hybridized carbons (Fsp3) is 0.238. The average Bonchev–Trinajstić information content (AvgIpc) is 3.21. The van der Waals surface area contributed by atoms with Gasteiger partial charge in [0.05, 0.1) is 12.4 Å². The molecule has 0 unspecified atom stereocenters. The fourth-order valence-corrected chi connectivity index (χ4v) is 2.67. The number of aryl methyl sites for hydroxylation is 1. The maximum absolute atomic E-state index is 13.9. The molecule has 1 N–H and O–H groups in total. The molecule has 0 aliphatic heterocycles. The number of alkyl halides is 2. The summed E-state index contributed by atoms with van der Waals surface area (Å²) >= 11 is 0. The van der Waals surface area contributed by atoms with Gasteiger partial charge in [-0.1, -0.05) is 41.6 Å². The zero-order valence-corrected chi connectivity index (χ0v) is 16.0. The third-order valence-corrected chi connectivity index (χ3v) is 4.27. The first kappa shape index (κ1) is 21.2. The van der Waals surface area contributed by atoms with Gasteiger partial charge in [0, 0.05) is 24.8 Å². The second-order valence-corrected chi connectivity index (χ2v) is 6.55. The van der Waals surface area contributed by atoms with Crippen molar-refractivity contribution in [3.63, 3.8) is 0 Å². The largest absolute Gasteiger partial charge is 0.351 e. The van der Waals surface area contributed by atoms with Gasteiger partial charge in [0.1, 0.15) is 5.69 Å². The van der Waals surface area contributed by atoms with Crippen molar-refractivity contribution < 1.29 is 18.0 Å². The summed E-state index contributed by atoms with van der Waals surface area (Å²) in [5, 5.41) is 10.1. The van der Waals surface area contributed by atoms with E-state index in [9.17, 15) is 18.0 Å². The van der Waals surface area contributed by atoms with Gasteiger partial charge in [-0.15, -0.1) is 5.10 Å². The molecule has 3 aromatic rings. The molecule has 0 bridgehead atoms. The highest BCUT2D eigenvalue weighted by Crippen LogP contribution is 2.19. The summed E-state index contributed by atoms with van der Waals surface area (Å²) < 4.78 is 43.1. The highest BCUT2D eigenvalue weighted by atomic mass is 19.3. The average molecular weight is 415 g/mol. The zero-order chi connectivity index (χ0) is 21.4. The van der Waals surface area contributed by atoms with Crippen LogP contribution >= 0.6 is 0 Å². The molecular weight excluding hydrogens is 395 g/mol. The summed E-state index contributed by atoms with van der Waals surface area (Å²) in [5.41, 5.74) is 1.27. The van der Waals surface area contributed by atoms with Crippen LogP contribution < -0.4 is 5.32 Å². The van der Waals surface area contributed by atoms with Crippen LogP contribution in [-0.4, -0.2) is 38.4 Å². The Morgan fingerprint density at radius 3 is 2.73 bits per heavy atom. The van der Waals surface area contributed by atoms with E-state index < -0.39 is 17.6 Å². The molecule has 3 rings (SSSR count). The number of benzene rings is 1. The SMILES string of the molecule is O=C(NCCCCn1cc(-c2ccncc2F)nn1)C(F)(F)/C=C/c1ccccc1. The monoisotopic (exact) mass is 415 g/mol. The Morgan fingerprint density at radius 1 is 1.17 bits per heavy atom. The fourth-order valence-electron chi connectivity index (χ4n) is 2.67. The topological polar surface area (TPSA) is 72.7 Å². The van der Waals surface area contributed by atoms with E-state index in [2.05, 4.69) is 20.6 Å². The Bertz CT molecular complexity index is 1000. The molecule has 2 heterocycles. The summed E-state index contributed by atoms with van der Waals surface area (Å²) in [6.45, 7) is 0.564. The van der Waals surface area contributed by atoms with Crippen molar-refractivity contribution in [3.05, 3.63) is 72.4 Å². The van der Waals surface area contributed by atoms with Crippen molar-refractivity contribution in [2.24, 2.45) is 0 Å². The van der Waals surface area contributed by atoms with Crippen molar-refractivity contribution in [1.82, 2.24) is 25.3 Å². The minimum absolute atomic E-state index is 0.105. The van der Waals surface area contributed by atoms with Crippen LogP contribution in [0, 0.1) is 5.82 Å². The molecule has 9 heteroatoms. The lowest BCUT2D eigenvalue weighted by atomic mass is 10.2. The minimum atomic E-state index is -3.59. The number of nitrogens with one attached hydrogen (secondary N) is 1. The van der Waals surface area contributed by atoms with Gasteiger partial charge in [-0.05, 0) is 30.5 Å². The van der Waals surface area contributed by atoms with E-state index in [1.165, 1.54) is 23.0 Å². The van der Waals surface area contributed by atoms with Gasteiger partial charge in [0.25, 0.3) is 5.91 Å². The number of carbonyl (C=O) groups excluding carboxylic acids is 1. The summed E-state index contributed by atoms with van der Waals surface area (Å²) in [5.74, 6) is -5.42. The molecule has 0 radical (unpaired) electrons. The number of hydrogen-bond donors (Lipinski definition) is 1. The Hall–Kier alpha value is -3.49. The third-order valence-electron chi connectivity index (χ3n) is 4.27. The number of halogens is 3. The number of pyridine rings is 1. The van der Waals surface area contributed by atoms with Crippen LogP contribution in [-0.2, 0) is 11.3 Å². The number of hydrogen-bond acceptors (Lipinski definition) is 4. The van der Waals surface area contributed by atoms with Gasteiger partial charge < -0.3 is 5.32 Å². The molecular formula is C21H20F3N5O. The van der Waals surface area contributed by atoms with Gasteiger partial charge in [-0.25, -0.2) is 4.39 Å². The molecule has 0 saturated heterocycles. The molecule has 0 aliphatic rings. The number of aromatic nitrogens is 4. The number of nitrogens with zero attached hydrogens (tertiary/aromatic N) is 4. The lowest BCUT2D eigenvalue weighted by Gasteiger charge is -2.12. The van der Waals surface area contributed by atoms with E-state index >= 15 is 0 Å². The van der Waals surface area contributed by atoms with Crippen LogP contribution in [0.25, 0.3) is 17.3 Å². The molecule has 0 spiro atoms. The summed E-state index contributed by atoms with van der Waals surface area (Å²) in [6.07, 6.45) is 7.02. The van der Waals surface area contributed by atoms with E-state index in [4.69, 9.17) is 0 Å². The summed E-state index contributed by atoms with van der Waals surface area (Å²) in [7, 11) is 0. The Kier molecular flexibility index (Phi) is 6.95. The molecule has 1 amide bonds.